The van der Waals surface area contributed by atoms with E-state index < -0.39 is 0 Å². The average molecular weight is 482 g/mol. The first-order valence-electron chi connectivity index (χ1n) is 12.5. The van der Waals surface area contributed by atoms with Crippen LogP contribution in [0.1, 0.15) is 50.4 Å². The van der Waals surface area contributed by atoms with Crippen molar-refractivity contribution in [1.29, 1.82) is 0 Å². The van der Waals surface area contributed by atoms with Gasteiger partial charge in [0.05, 0.1) is 5.69 Å². The van der Waals surface area contributed by atoms with Crippen LogP contribution in [0.25, 0.3) is 5.52 Å². The first-order chi connectivity index (χ1) is 16.9. The van der Waals surface area contributed by atoms with Crippen molar-refractivity contribution in [1.82, 2.24) is 39.9 Å². The molecule has 0 spiro atoms. The van der Waals surface area contributed by atoms with E-state index in [0.29, 0.717) is 5.82 Å². The van der Waals surface area contributed by atoms with Crippen molar-refractivity contribution in [2.24, 2.45) is 0 Å². The number of rotatable bonds is 7. The maximum atomic E-state index is 11.9. The molecule has 11 heteroatoms. The lowest BCUT2D eigenvalue weighted by atomic mass is 10.0. The molecule has 5 rings (SSSR count). The van der Waals surface area contributed by atoms with E-state index >= 15 is 0 Å². The first kappa shape index (κ1) is 23.6. The van der Waals surface area contributed by atoms with Gasteiger partial charge in [-0.25, -0.2) is 14.3 Å². The summed E-state index contributed by atoms with van der Waals surface area (Å²) in [5, 5.41) is 18.5. The maximum Gasteiger partial charge on any atom is 0.407 e. The van der Waals surface area contributed by atoms with Crippen LogP contribution in [0.15, 0.2) is 24.5 Å². The Bertz CT molecular complexity index is 1150. The van der Waals surface area contributed by atoms with E-state index in [0.717, 1.165) is 74.7 Å². The van der Waals surface area contributed by atoms with E-state index in [2.05, 4.69) is 48.7 Å². The molecule has 3 N–H and O–H groups in total. The van der Waals surface area contributed by atoms with Crippen LogP contribution >= 0.6 is 0 Å². The summed E-state index contributed by atoms with van der Waals surface area (Å²) in [4.78, 5) is 21.2. The molecule has 0 aromatic carbocycles. The van der Waals surface area contributed by atoms with E-state index in [1.807, 2.05) is 30.6 Å². The molecule has 1 aliphatic heterocycles. The van der Waals surface area contributed by atoms with E-state index in [1.165, 1.54) is 0 Å². The predicted octanol–water partition coefficient (Wildman–Crippen LogP) is 2.71. The number of hydrogen-bond acceptors (Lipinski definition) is 8. The molecule has 0 bridgehead atoms. The van der Waals surface area contributed by atoms with Crippen molar-refractivity contribution in [2.45, 2.75) is 57.7 Å². The second-order valence-electron chi connectivity index (χ2n) is 9.99. The van der Waals surface area contributed by atoms with Crippen LogP contribution in [0.3, 0.4) is 0 Å². The van der Waals surface area contributed by atoms with Gasteiger partial charge < -0.3 is 20.3 Å². The Balaban J connectivity index is 1.21. The van der Waals surface area contributed by atoms with E-state index in [9.17, 15) is 4.79 Å². The van der Waals surface area contributed by atoms with Gasteiger partial charge >= 0.3 is 6.09 Å². The molecule has 2 aliphatic rings. The Kier molecular flexibility index (Phi) is 6.87. The van der Waals surface area contributed by atoms with Crippen LogP contribution in [-0.4, -0.2) is 86.1 Å². The van der Waals surface area contributed by atoms with Gasteiger partial charge in [0, 0.05) is 68.8 Å². The van der Waals surface area contributed by atoms with Crippen LogP contribution in [0.4, 0.5) is 16.4 Å². The quantitative estimate of drug-likeness (QED) is 0.472. The molecule has 35 heavy (non-hydrogen) atoms. The van der Waals surface area contributed by atoms with Crippen LogP contribution in [0, 0.1) is 0 Å². The number of piperazine rings is 1. The molecule has 11 nitrogen and oxygen atoms in total. The minimum absolute atomic E-state index is 0.0673. The van der Waals surface area contributed by atoms with Gasteiger partial charge in [-0.3, -0.25) is 10.00 Å². The smallest absolute Gasteiger partial charge is 0.407 e. The van der Waals surface area contributed by atoms with E-state index in [4.69, 9.17) is 9.84 Å². The number of nitrogens with one attached hydrogen (secondary N) is 3. The van der Waals surface area contributed by atoms with Crippen molar-refractivity contribution in [3.05, 3.63) is 35.9 Å². The number of aromatic nitrogens is 5. The summed E-state index contributed by atoms with van der Waals surface area (Å²) >= 11 is 0. The lowest BCUT2D eigenvalue weighted by Crippen LogP contribution is -2.43. The molecular weight excluding hydrogens is 446 g/mol. The van der Waals surface area contributed by atoms with Gasteiger partial charge in [0.2, 0.25) is 0 Å². The van der Waals surface area contributed by atoms with Crippen molar-refractivity contribution < 1.29 is 9.53 Å². The van der Waals surface area contributed by atoms with Crippen LogP contribution in [0.2, 0.25) is 0 Å². The molecule has 3 aromatic rings. The van der Waals surface area contributed by atoms with Gasteiger partial charge in [-0.1, -0.05) is 0 Å². The van der Waals surface area contributed by atoms with E-state index in [-0.39, 0.29) is 24.2 Å². The summed E-state index contributed by atoms with van der Waals surface area (Å²) < 4.78 is 7.43. The van der Waals surface area contributed by atoms with Crippen molar-refractivity contribution in [3.63, 3.8) is 0 Å². The Morgan fingerprint density at radius 1 is 1.23 bits per heavy atom. The number of fused-ring (bicyclic) bond motifs is 1. The molecule has 1 saturated carbocycles. The predicted molar refractivity (Wildman–Crippen MR) is 133 cm³/mol. The zero-order chi connectivity index (χ0) is 24.4. The largest absolute Gasteiger partial charge is 0.446 e. The van der Waals surface area contributed by atoms with Crippen molar-refractivity contribution in [3.8, 4) is 0 Å². The zero-order valence-electron chi connectivity index (χ0n) is 20.7. The lowest BCUT2D eigenvalue weighted by Gasteiger charge is -2.31. The summed E-state index contributed by atoms with van der Waals surface area (Å²) in [6, 6.07) is 4.19. The first-order valence-corrected chi connectivity index (χ1v) is 12.5. The second kappa shape index (κ2) is 10.2. The molecule has 1 amide bonds. The Hall–Kier alpha value is -3.18. The highest BCUT2D eigenvalue weighted by molar-refractivity contribution is 5.72. The number of amides is 1. The SMILES string of the molecule is CC(C)NC(=O)O[C@@H]1CC[C@H](c2cc(Nc3nccn4nc(CN5CCN(C)CC5)cc34)n[nH]2)C1. The number of nitrogens with zero attached hydrogens (tertiary/aromatic N) is 6. The fourth-order valence-electron chi connectivity index (χ4n) is 4.86. The summed E-state index contributed by atoms with van der Waals surface area (Å²) in [6.07, 6.45) is 5.80. The number of hydrogen-bond donors (Lipinski definition) is 3. The van der Waals surface area contributed by atoms with Gasteiger partial charge in [0.15, 0.2) is 11.6 Å². The topological polar surface area (TPSA) is 116 Å². The van der Waals surface area contributed by atoms with Crippen molar-refractivity contribution >= 4 is 23.2 Å². The second-order valence-corrected chi connectivity index (χ2v) is 9.99. The van der Waals surface area contributed by atoms with Crippen LogP contribution in [-0.2, 0) is 11.3 Å². The molecule has 2 atom stereocenters. The van der Waals surface area contributed by atoms with Gasteiger partial charge in [-0.15, -0.1) is 0 Å². The number of carbonyl (C=O) groups excluding carboxylic acids is 1. The Morgan fingerprint density at radius 3 is 2.86 bits per heavy atom. The summed E-state index contributed by atoms with van der Waals surface area (Å²) in [5.41, 5.74) is 3.00. The number of H-pyrrole nitrogens is 1. The number of ether oxygens (including phenoxy) is 1. The lowest BCUT2D eigenvalue weighted by molar-refractivity contribution is 0.0981. The molecule has 0 unspecified atom stereocenters. The monoisotopic (exact) mass is 481 g/mol. The highest BCUT2D eigenvalue weighted by Gasteiger charge is 2.30. The number of anilines is 2. The highest BCUT2D eigenvalue weighted by Crippen LogP contribution is 2.36. The highest BCUT2D eigenvalue weighted by atomic mass is 16.6. The molecule has 3 aromatic heterocycles. The fourth-order valence-corrected chi connectivity index (χ4v) is 4.86. The summed E-state index contributed by atoms with van der Waals surface area (Å²) in [6.45, 7) is 8.96. The molecule has 2 fully saturated rings. The normalized spacial score (nSPS) is 21.6. The molecule has 1 saturated heterocycles. The number of likely N-dealkylation sites (N-methyl/N-ethyl adjacent to an activating group) is 1. The molecular formula is C24H35N9O2. The fraction of sp³-hybridized carbons (Fsp3) is 0.583. The van der Waals surface area contributed by atoms with Crippen LogP contribution < -0.4 is 10.6 Å². The number of alkyl carbamates (subject to hydrolysis) is 1. The van der Waals surface area contributed by atoms with Crippen LogP contribution in [0.5, 0.6) is 0 Å². The van der Waals surface area contributed by atoms with Gasteiger partial charge in [0.1, 0.15) is 11.6 Å². The molecule has 188 valence electrons. The minimum Gasteiger partial charge on any atom is -0.446 e. The summed E-state index contributed by atoms with van der Waals surface area (Å²) in [5.74, 6) is 1.72. The summed E-state index contributed by atoms with van der Waals surface area (Å²) in [7, 11) is 2.16. The standard InChI is InChI=1S/C24H35N9O2/c1-16(2)26-24(34)35-19-5-4-17(12-19)20-14-22(29-28-20)27-23-21-13-18(30-33(21)7-6-25-23)15-32-10-8-31(3)9-11-32/h6-7,13-14,16-17,19H,4-5,8-12,15H2,1-3H3,(H,26,34)(H2,25,27,28,29)/t17-,19+/m0/s1. The maximum absolute atomic E-state index is 11.9. The Morgan fingerprint density at radius 2 is 2.06 bits per heavy atom. The average Bonchev–Trinajstić information content (AvgIpc) is 3.55. The Labute approximate surface area is 205 Å². The van der Waals surface area contributed by atoms with E-state index in [1.54, 1.807) is 6.20 Å². The third-order valence-corrected chi connectivity index (χ3v) is 6.77. The third kappa shape index (κ3) is 5.73. The van der Waals surface area contributed by atoms with Gasteiger partial charge in [0.25, 0.3) is 0 Å². The zero-order valence-corrected chi connectivity index (χ0v) is 20.7. The number of aromatic amines is 1. The number of carbonyl (C=O) groups is 1. The molecule has 1 aliphatic carbocycles. The molecule has 4 heterocycles. The third-order valence-electron chi connectivity index (χ3n) is 6.77. The van der Waals surface area contributed by atoms with Gasteiger partial charge in [-0.2, -0.15) is 10.2 Å². The minimum atomic E-state index is -0.343. The molecule has 0 radical (unpaired) electrons. The van der Waals surface area contributed by atoms with Crippen molar-refractivity contribution in [2.75, 3.05) is 38.5 Å². The van der Waals surface area contributed by atoms with Gasteiger partial charge in [-0.05, 0) is 46.2 Å².